The van der Waals surface area contributed by atoms with Gasteiger partial charge in [-0.25, -0.2) is 0 Å². The third kappa shape index (κ3) is 3.61. The fraction of sp³-hybridized carbons (Fsp3) is 0.818. The highest BCUT2D eigenvalue weighted by Crippen LogP contribution is 2.35. The van der Waals surface area contributed by atoms with Crippen LogP contribution in [0.4, 0.5) is 0 Å². The number of ether oxygens (including phenoxy) is 1. The van der Waals surface area contributed by atoms with E-state index in [1.165, 1.54) is 0 Å². The summed E-state index contributed by atoms with van der Waals surface area (Å²) in [5, 5.41) is 0. The fourth-order valence-corrected chi connectivity index (χ4v) is 5.01. The van der Waals surface area contributed by atoms with Crippen molar-refractivity contribution in [3.63, 3.8) is 0 Å². The molecule has 1 rings (SSSR count). The Labute approximate surface area is 108 Å². The van der Waals surface area contributed by atoms with Gasteiger partial charge >= 0.3 is 20.7 Å². The van der Waals surface area contributed by atoms with Crippen LogP contribution in [0.1, 0.15) is 33.6 Å². The Morgan fingerprint density at radius 1 is 1.00 bits per heavy atom. The molecule has 6 nitrogen and oxygen atoms in total. The Kier molecular flexibility index (Phi) is 5.93. The average molecular weight is 276 g/mol. The number of cyclic esters (lactones) is 2. The molecule has 1 fully saturated rings. The maximum atomic E-state index is 11.4. The highest BCUT2D eigenvalue weighted by molar-refractivity contribution is 6.63. The third-order valence-electron chi connectivity index (χ3n) is 2.59. The topological polar surface area (TPSA) is 71.1 Å². The van der Waals surface area contributed by atoms with E-state index in [2.05, 4.69) is 4.74 Å². The molecule has 1 saturated heterocycles. The monoisotopic (exact) mass is 276 g/mol. The molecule has 1 aliphatic rings. The van der Waals surface area contributed by atoms with Crippen LogP contribution in [0.5, 0.6) is 0 Å². The first-order valence-electron chi connectivity index (χ1n) is 6.23. The van der Waals surface area contributed by atoms with Crippen molar-refractivity contribution in [2.45, 2.75) is 39.2 Å². The predicted molar refractivity (Wildman–Crippen MR) is 64.7 cm³/mol. The lowest BCUT2D eigenvalue weighted by molar-refractivity contribution is -0.164. The second-order valence-corrected chi connectivity index (χ2v) is 6.74. The zero-order chi connectivity index (χ0) is 13.6. The summed E-state index contributed by atoms with van der Waals surface area (Å²) in [6.07, 6.45) is 0.218. The Morgan fingerprint density at radius 2 is 1.39 bits per heavy atom. The molecule has 0 saturated carbocycles. The van der Waals surface area contributed by atoms with Crippen LogP contribution in [0.15, 0.2) is 0 Å². The summed E-state index contributed by atoms with van der Waals surface area (Å²) in [4.78, 5) is 22.7. The van der Waals surface area contributed by atoms with Crippen molar-refractivity contribution < 1.29 is 27.6 Å². The number of hydrogen-bond donors (Lipinski definition) is 0. The lowest BCUT2D eigenvalue weighted by atomic mass is 10.2. The summed E-state index contributed by atoms with van der Waals surface area (Å²) >= 11 is 0. The van der Waals surface area contributed by atoms with E-state index in [-0.39, 0.29) is 18.4 Å². The Balaban J connectivity index is 2.91. The molecule has 0 amide bonds. The molecule has 7 heteroatoms. The molecule has 0 unspecified atom stereocenters. The second kappa shape index (κ2) is 6.98. The molecule has 0 aromatic carbocycles. The van der Waals surface area contributed by atoms with Crippen molar-refractivity contribution in [2.75, 3.05) is 19.8 Å². The highest BCUT2D eigenvalue weighted by Gasteiger charge is 2.53. The summed E-state index contributed by atoms with van der Waals surface area (Å²) < 4.78 is 21.6. The van der Waals surface area contributed by atoms with Crippen LogP contribution in [-0.2, 0) is 27.6 Å². The van der Waals surface area contributed by atoms with Gasteiger partial charge in [0, 0.05) is 19.8 Å². The summed E-state index contributed by atoms with van der Waals surface area (Å²) in [7, 11) is -3.00. The molecular formula is C11H20O6Si. The minimum atomic E-state index is -3.00. The molecule has 1 heterocycles. The highest BCUT2D eigenvalue weighted by atomic mass is 28.4. The quantitative estimate of drug-likeness (QED) is 0.396. The van der Waals surface area contributed by atoms with Crippen molar-refractivity contribution >= 4 is 20.7 Å². The minimum Gasteiger partial charge on any atom is -0.393 e. The van der Waals surface area contributed by atoms with Crippen LogP contribution < -0.4 is 0 Å². The molecule has 1 aliphatic heterocycles. The Hall–Kier alpha value is -0.763. The van der Waals surface area contributed by atoms with Crippen molar-refractivity contribution in [3.8, 4) is 0 Å². The van der Waals surface area contributed by atoms with Gasteiger partial charge < -0.3 is 18.0 Å². The standard InChI is InChI=1S/C11H20O6Si/c1-4-14-18(15-5-2,16-6-3)9-7-10(12)17-11(13)8-9/h9H,4-8H2,1-3H3. The zero-order valence-corrected chi connectivity index (χ0v) is 12.1. The third-order valence-corrected chi connectivity index (χ3v) is 6.07. The number of esters is 2. The number of rotatable bonds is 7. The van der Waals surface area contributed by atoms with Gasteiger partial charge in [-0.3, -0.25) is 9.59 Å². The Morgan fingerprint density at radius 3 is 1.72 bits per heavy atom. The van der Waals surface area contributed by atoms with Gasteiger partial charge in [-0.1, -0.05) is 0 Å². The molecule has 0 radical (unpaired) electrons. The molecule has 0 spiro atoms. The smallest absolute Gasteiger partial charge is 0.393 e. The number of carbonyl (C=O) groups excluding carboxylic acids is 2. The summed E-state index contributed by atoms with van der Waals surface area (Å²) in [5.74, 6) is -1.07. The molecule has 0 aromatic rings. The maximum absolute atomic E-state index is 11.4. The molecule has 104 valence electrons. The van der Waals surface area contributed by atoms with Gasteiger partial charge in [-0.05, 0) is 20.8 Å². The van der Waals surface area contributed by atoms with E-state index in [0.717, 1.165) is 0 Å². The molecule has 0 bridgehead atoms. The number of carbonyl (C=O) groups is 2. The second-order valence-electron chi connectivity index (χ2n) is 3.85. The van der Waals surface area contributed by atoms with Crippen molar-refractivity contribution in [2.24, 2.45) is 0 Å². The fourth-order valence-electron chi connectivity index (χ4n) is 2.02. The van der Waals surface area contributed by atoms with Gasteiger partial charge in [-0.15, -0.1) is 0 Å². The average Bonchev–Trinajstić information content (AvgIpc) is 2.28. The normalized spacial score (nSPS) is 17.9. The van der Waals surface area contributed by atoms with E-state index < -0.39 is 20.7 Å². The first-order valence-corrected chi connectivity index (χ1v) is 8.03. The van der Waals surface area contributed by atoms with Gasteiger partial charge in [0.2, 0.25) is 0 Å². The zero-order valence-electron chi connectivity index (χ0n) is 11.1. The van der Waals surface area contributed by atoms with Crippen LogP contribution >= 0.6 is 0 Å². The molecule has 18 heavy (non-hydrogen) atoms. The van der Waals surface area contributed by atoms with Crippen molar-refractivity contribution in [1.29, 1.82) is 0 Å². The van der Waals surface area contributed by atoms with E-state index in [1.807, 2.05) is 20.8 Å². The van der Waals surface area contributed by atoms with Crippen LogP contribution in [0, 0.1) is 0 Å². The van der Waals surface area contributed by atoms with E-state index in [4.69, 9.17) is 13.3 Å². The van der Waals surface area contributed by atoms with E-state index in [9.17, 15) is 9.59 Å². The predicted octanol–water partition coefficient (Wildman–Crippen LogP) is 1.27. The molecule has 0 aromatic heterocycles. The van der Waals surface area contributed by atoms with Gasteiger partial charge in [0.1, 0.15) is 0 Å². The lowest BCUT2D eigenvalue weighted by Crippen LogP contribution is -2.52. The van der Waals surface area contributed by atoms with Crippen LogP contribution in [0.3, 0.4) is 0 Å². The van der Waals surface area contributed by atoms with Gasteiger partial charge in [0.25, 0.3) is 0 Å². The first kappa shape index (κ1) is 15.3. The molecule has 0 atom stereocenters. The maximum Gasteiger partial charge on any atom is 0.505 e. The summed E-state index contributed by atoms with van der Waals surface area (Å²) in [5.41, 5.74) is -0.342. The van der Waals surface area contributed by atoms with Crippen molar-refractivity contribution in [3.05, 3.63) is 0 Å². The summed E-state index contributed by atoms with van der Waals surface area (Å²) in [6.45, 7) is 6.78. The molecule has 0 N–H and O–H groups in total. The van der Waals surface area contributed by atoms with Crippen LogP contribution in [0.2, 0.25) is 5.54 Å². The van der Waals surface area contributed by atoms with Gasteiger partial charge in [-0.2, -0.15) is 0 Å². The largest absolute Gasteiger partial charge is 0.505 e. The van der Waals surface area contributed by atoms with E-state index in [0.29, 0.717) is 19.8 Å². The van der Waals surface area contributed by atoms with E-state index >= 15 is 0 Å². The SMILES string of the molecule is CCO[Si](OCC)(OCC)C1CC(=O)OC(=O)C1. The van der Waals surface area contributed by atoms with E-state index in [1.54, 1.807) is 0 Å². The summed E-state index contributed by atoms with van der Waals surface area (Å²) in [6, 6.07) is 0. The van der Waals surface area contributed by atoms with Gasteiger partial charge in [0.05, 0.1) is 18.4 Å². The van der Waals surface area contributed by atoms with Crippen LogP contribution in [-0.4, -0.2) is 40.6 Å². The van der Waals surface area contributed by atoms with Crippen LogP contribution in [0.25, 0.3) is 0 Å². The molecular weight excluding hydrogens is 256 g/mol. The Bertz CT molecular complexity index is 273. The molecule has 0 aliphatic carbocycles. The first-order chi connectivity index (χ1) is 8.57. The number of hydrogen-bond acceptors (Lipinski definition) is 6. The van der Waals surface area contributed by atoms with Gasteiger partial charge in [0.15, 0.2) is 0 Å². The lowest BCUT2D eigenvalue weighted by Gasteiger charge is -2.35. The minimum absolute atomic E-state index is 0.109. The van der Waals surface area contributed by atoms with Crippen molar-refractivity contribution in [1.82, 2.24) is 0 Å².